The molecule has 0 aliphatic rings. The maximum absolute atomic E-state index is 12.0. The molecule has 1 amide bonds. The predicted molar refractivity (Wildman–Crippen MR) is 92.7 cm³/mol. The average molecular weight is 327 g/mol. The lowest BCUT2D eigenvalue weighted by atomic mass is 10.0. The summed E-state index contributed by atoms with van der Waals surface area (Å²) in [6.07, 6.45) is 1.85. The van der Waals surface area contributed by atoms with Gasteiger partial charge in [-0.1, -0.05) is 12.1 Å². The fourth-order valence-corrected chi connectivity index (χ4v) is 2.42. The summed E-state index contributed by atoms with van der Waals surface area (Å²) < 4.78 is 5.36. The molecule has 0 aromatic heterocycles. The number of aromatic carboxylic acids is 1. The lowest BCUT2D eigenvalue weighted by Gasteiger charge is -2.09. The Labute approximate surface area is 141 Å². The van der Waals surface area contributed by atoms with Crippen molar-refractivity contribution >= 4 is 17.6 Å². The highest BCUT2D eigenvalue weighted by molar-refractivity contribution is 5.92. The summed E-state index contributed by atoms with van der Waals surface area (Å²) in [6, 6.07) is 12.1. The molecule has 2 aromatic rings. The first-order chi connectivity index (χ1) is 11.5. The van der Waals surface area contributed by atoms with Gasteiger partial charge in [-0.3, -0.25) is 4.79 Å². The van der Waals surface area contributed by atoms with Gasteiger partial charge in [-0.05, 0) is 61.2 Å². The summed E-state index contributed by atoms with van der Waals surface area (Å²) >= 11 is 0. The third-order valence-electron chi connectivity index (χ3n) is 3.71. The van der Waals surface area contributed by atoms with E-state index < -0.39 is 5.97 Å². The van der Waals surface area contributed by atoms with Crippen LogP contribution in [-0.4, -0.2) is 24.1 Å². The molecule has 0 fully saturated rings. The van der Waals surface area contributed by atoms with Gasteiger partial charge in [0.05, 0.1) is 12.7 Å². The van der Waals surface area contributed by atoms with Crippen molar-refractivity contribution in [3.63, 3.8) is 0 Å². The van der Waals surface area contributed by atoms with E-state index in [4.69, 9.17) is 9.84 Å². The van der Waals surface area contributed by atoms with E-state index in [0.717, 1.165) is 23.3 Å². The zero-order valence-corrected chi connectivity index (χ0v) is 13.8. The number of methoxy groups -OCH3 is 1. The largest absolute Gasteiger partial charge is 0.496 e. The lowest BCUT2D eigenvalue weighted by Crippen LogP contribution is -2.11. The van der Waals surface area contributed by atoms with Crippen LogP contribution < -0.4 is 10.1 Å². The van der Waals surface area contributed by atoms with Gasteiger partial charge in [0.1, 0.15) is 5.75 Å². The highest BCUT2D eigenvalue weighted by atomic mass is 16.5. The van der Waals surface area contributed by atoms with Crippen molar-refractivity contribution in [1.29, 1.82) is 0 Å². The summed E-state index contributed by atoms with van der Waals surface area (Å²) in [5.41, 5.74) is 3.01. The highest BCUT2D eigenvalue weighted by Gasteiger charge is 2.07. The predicted octanol–water partition coefficient (Wildman–Crippen LogP) is 3.66. The third kappa shape index (κ3) is 4.84. The van der Waals surface area contributed by atoms with E-state index in [1.54, 1.807) is 19.2 Å². The van der Waals surface area contributed by atoms with Crippen LogP contribution in [0.5, 0.6) is 5.75 Å². The van der Waals surface area contributed by atoms with Crippen molar-refractivity contribution < 1.29 is 19.4 Å². The van der Waals surface area contributed by atoms with Crippen LogP contribution in [0.3, 0.4) is 0 Å². The molecule has 24 heavy (non-hydrogen) atoms. The standard InChI is InChI=1S/C19H21NO4/c1-13-6-7-14(17(12-13)24-2)4-3-5-18(21)20-16-10-8-15(9-11-16)19(22)23/h6-12H,3-5H2,1-2H3,(H,20,21)(H,22,23). The van der Waals surface area contributed by atoms with Crippen LogP contribution in [0.2, 0.25) is 0 Å². The van der Waals surface area contributed by atoms with Crippen LogP contribution in [0.4, 0.5) is 5.69 Å². The first-order valence-corrected chi connectivity index (χ1v) is 7.76. The van der Waals surface area contributed by atoms with Gasteiger partial charge in [0.25, 0.3) is 0 Å². The molecule has 0 aliphatic heterocycles. The van der Waals surface area contributed by atoms with Crippen LogP contribution in [0.25, 0.3) is 0 Å². The minimum Gasteiger partial charge on any atom is -0.496 e. The summed E-state index contributed by atoms with van der Waals surface area (Å²) in [5.74, 6) is -0.233. The van der Waals surface area contributed by atoms with Crippen LogP contribution in [0.15, 0.2) is 42.5 Å². The minimum atomic E-state index is -0.986. The molecule has 0 spiro atoms. The molecule has 0 atom stereocenters. The molecule has 2 aromatic carbocycles. The monoisotopic (exact) mass is 327 g/mol. The second-order valence-corrected chi connectivity index (χ2v) is 5.60. The Bertz CT molecular complexity index is 723. The number of carboxylic acids is 1. The van der Waals surface area contributed by atoms with E-state index in [0.29, 0.717) is 18.5 Å². The quantitative estimate of drug-likeness (QED) is 0.813. The molecule has 0 aliphatic carbocycles. The second kappa shape index (κ2) is 8.15. The molecule has 5 nitrogen and oxygen atoms in total. The smallest absolute Gasteiger partial charge is 0.335 e. The van der Waals surface area contributed by atoms with E-state index in [1.807, 2.05) is 25.1 Å². The second-order valence-electron chi connectivity index (χ2n) is 5.60. The fraction of sp³-hybridized carbons (Fsp3) is 0.263. The van der Waals surface area contributed by atoms with Crippen LogP contribution >= 0.6 is 0 Å². The van der Waals surface area contributed by atoms with Gasteiger partial charge in [-0.15, -0.1) is 0 Å². The zero-order valence-electron chi connectivity index (χ0n) is 13.8. The Morgan fingerprint density at radius 3 is 2.46 bits per heavy atom. The normalized spacial score (nSPS) is 10.2. The van der Waals surface area contributed by atoms with E-state index in [1.165, 1.54) is 12.1 Å². The molecule has 5 heteroatoms. The van der Waals surface area contributed by atoms with E-state index in [9.17, 15) is 9.59 Å². The molecule has 0 saturated carbocycles. The van der Waals surface area contributed by atoms with Gasteiger partial charge < -0.3 is 15.2 Å². The SMILES string of the molecule is COc1cc(C)ccc1CCCC(=O)Nc1ccc(C(=O)O)cc1. The first-order valence-electron chi connectivity index (χ1n) is 7.76. The number of carbonyl (C=O) groups is 2. The molecule has 0 bridgehead atoms. The van der Waals surface area contributed by atoms with Crippen molar-refractivity contribution in [1.82, 2.24) is 0 Å². The van der Waals surface area contributed by atoms with Gasteiger partial charge in [0.15, 0.2) is 0 Å². The highest BCUT2D eigenvalue weighted by Crippen LogP contribution is 2.22. The number of hydrogen-bond acceptors (Lipinski definition) is 3. The molecule has 0 unspecified atom stereocenters. The zero-order chi connectivity index (χ0) is 17.5. The summed E-state index contributed by atoms with van der Waals surface area (Å²) in [4.78, 5) is 22.8. The van der Waals surface area contributed by atoms with E-state index >= 15 is 0 Å². The molecule has 0 radical (unpaired) electrons. The molecule has 0 saturated heterocycles. The number of nitrogens with one attached hydrogen (secondary N) is 1. The van der Waals surface area contributed by atoms with E-state index in [2.05, 4.69) is 5.32 Å². The maximum Gasteiger partial charge on any atom is 0.335 e. The molecular weight excluding hydrogens is 306 g/mol. The first kappa shape index (κ1) is 17.5. The molecule has 0 heterocycles. The summed E-state index contributed by atoms with van der Waals surface area (Å²) in [6.45, 7) is 2.01. The minimum absolute atomic E-state index is 0.0934. The number of aryl methyl sites for hydroxylation is 2. The van der Waals surface area contributed by atoms with Crippen molar-refractivity contribution in [3.8, 4) is 5.75 Å². The van der Waals surface area contributed by atoms with Crippen molar-refractivity contribution in [2.24, 2.45) is 0 Å². The summed E-state index contributed by atoms with van der Waals surface area (Å²) in [5, 5.41) is 11.6. The topological polar surface area (TPSA) is 75.6 Å². The van der Waals surface area contributed by atoms with Crippen molar-refractivity contribution in [2.75, 3.05) is 12.4 Å². The van der Waals surface area contributed by atoms with Gasteiger partial charge >= 0.3 is 5.97 Å². The van der Waals surface area contributed by atoms with Gasteiger partial charge in [0.2, 0.25) is 5.91 Å². The van der Waals surface area contributed by atoms with Gasteiger partial charge in [0, 0.05) is 12.1 Å². The molecule has 2 N–H and O–H groups in total. The Balaban J connectivity index is 1.84. The molecule has 2 rings (SSSR count). The fourth-order valence-electron chi connectivity index (χ4n) is 2.42. The average Bonchev–Trinajstić information content (AvgIpc) is 2.56. The Morgan fingerprint density at radius 1 is 1.12 bits per heavy atom. The lowest BCUT2D eigenvalue weighted by molar-refractivity contribution is -0.116. The summed E-state index contributed by atoms with van der Waals surface area (Å²) in [7, 11) is 1.64. The van der Waals surface area contributed by atoms with Gasteiger partial charge in [-0.25, -0.2) is 4.79 Å². The van der Waals surface area contributed by atoms with Crippen molar-refractivity contribution in [3.05, 3.63) is 59.2 Å². The Morgan fingerprint density at radius 2 is 1.83 bits per heavy atom. The maximum atomic E-state index is 12.0. The van der Waals surface area contributed by atoms with Crippen LogP contribution in [-0.2, 0) is 11.2 Å². The number of carbonyl (C=O) groups excluding carboxylic acids is 1. The van der Waals surface area contributed by atoms with Crippen LogP contribution in [0.1, 0.15) is 34.3 Å². The molecular formula is C19H21NO4. The number of carboxylic acid groups (broad SMARTS) is 1. The Kier molecular flexibility index (Phi) is 5.95. The number of amides is 1. The van der Waals surface area contributed by atoms with Crippen molar-refractivity contribution in [2.45, 2.75) is 26.2 Å². The van der Waals surface area contributed by atoms with Gasteiger partial charge in [-0.2, -0.15) is 0 Å². The number of ether oxygens (including phenoxy) is 1. The Hall–Kier alpha value is -2.82. The number of hydrogen-bond donors (Lipinski definition) is 2. The number of anilines is 1. The molecule has 126 valence electrons. The number of rotatable bonds is 7. The third-order valence-corrected chi connectivity index (χ3v) is 3.71. The van der Waals surface area contributed by atoms with Crippen LogP contribution in [0, 0.1) is 6.92 Å². The van der Waals surface area contributed by atoms with E-state index in [-0.39, 0.29) is 11.5 Å². The number of benzene rings is 2.